The maximum Gasteiger partial charge on any atom is 0.319 e. The molecule has 0 radical (unpaired) electrons. The third-order valence-corrected chi connectivity index (χ3v) is 5.07. The van der Waals surface area contributed by atoms with E-state index in [2.05, 4.69) is 4.98 Å². The smallest absolute Gasteiger partial charge is 0.319 e. The van der Waals surface area contributed by atoms with Gasteiger partial charge in [-0.2, -0.15) is 8.78 Å². The fraction of sp³-hybridized carbons (Fsp3) is 0.750. The van der Waals surface area contributed by atoms with Crippen LogP contribution in [-0.2, 0) is 16.1 Å². The van der Waals surface area contributed by atoms with Gasteiger partial charge in [-0.3, -0.25) is 14.3 Å². The molecule has 0 aliphatic carbocycles. The van der Waals surface area contributed by atoms with Gasteiger partial charge in [0, 0.05) is 51.8 Å². The summed E-state index contributed by atoms with van der Waals surface area (Å²) in [5, 5.41) is 0. The van der Waals surface area contributed by atoms with Crippen molar-refractivity contribution < 1.29 is 18.3 Å². The Morgan fingerprint density at radius 2 is 1.85 bits per heavy atom. The first kappa shape index (κ1) is 24.0. The maximum absolute atomic E-state index is 12.9. The molecule has 3 rings (SSSR count). The zero-order chi connectivity index (χ0) is 17.8. The van der Waals surface area contributed by atoms with E-state index in [4.69, 9.17) is 10.5 Å². The van der Waals surface area contributed by atoms with Crippen molar-refractivity contribution in [1.29, 1.82) is 0 Å². The molecule has 0 bridgehead atoms. The number of imidazole rings is 1. The number of carbonyl (C=O) groups excluding carboxylic acids is 1. The Balaban J connectivity index is 0.00000182. The molecule has 156 valence electrons. The van der Waals surface area contributed by atoms with Crippen molar-refractivity contribution >= 4 is 30.7 Å². The molecule has 1 amide bonds. The van der Waals surface area contributed by atoms with Gasteiger partial charge in [0.25, 0.3) is 0 Å². The van der Waals surface area contributed by atoms with E-state index in [0.717, 1.165) is 17.4 Å². The van der Waals surface area contributed by atoms with Crippen molar-refractivity contribution in [1.82, 2.24) is 19.4 Å². The maximum atomic E-state index is 12.9. The van der Waals surface area contributed by atoms with Gasteiger partial charge in [-0.25, -0.2) is 4.98 Å². The molecule has 0 aromatic carbocycles. The van der Waals surface area contributed by atoms with Gasteiger partial charge in [-0.15, -0.1) is 24.8 Å². The minimum Gasteiger partial charge on any atom is -0.381 e. The Morgan fingerprint density at radius 3 is 2.44 bits per heavy atom. The molecule has 3 heterocycles. The number of ether oxygens (including phenoxy) is 1. The number of hydrogen-bond donors (Lipinski definition) is 1. The van der Waals surface area contributed by atoms with Crippen molar-refractivity contribution in [2.24, 2.45) is 11.7 Å². The molecule has 7 nitrogen and oxygen atoms in total. The van der Waals surface area contributed by atoms with E-state index in [1.165, 1.54) is 12.4 Å². The van der Waals surface area contributed by atoms with Crippen molar-refractivity contribution in [3.05, 3.63) is 18.2 Å². The highest BCUT2D eigenvalue weighted by Gasteiger charge is 2.31. The molecule has 1 atom stereocenters. The largest absolute Gasteiger partial charge is 0.381 e. The minimum atomic E-state index is -2.59. The first-order valence-corrected chi connectivity index (χ1v) is 8.70. The van der Waals surface area contributed by atoms with E-state index in [1.54, 1.807) is 4.90 Å². The summed E-state index contributed by atoms with van der Waals surface area (Å²) < 4.78 is 31.9. The van der Waals surface area contributed by atoms with Crippen molar-refractivity contribution in [2.45, 2.75) is 32.0 Å². The average molecular weight is 430 g/mol. The third kappa shape index (κ3) is 5.99. The zero-order valence-corrected chi connectivity index (χ0v) is 16.6. The molecule has 2 saturated heterocycles. The van der Waals surface area contributed by atoms with Gasteiger partial charge in [0.2, 0.25) is 5.91 Å². The number of alkyl halides is 2. The second kappa shape index (κ2) is 11.1. The Hall–Kier alpha value is -1.00. The van der Waals surface area contributed by atoms with Gasteiger partial charge in [-0.05, 0) is 18.8 Å². The van der Waals surface area contributed by atoms with Crippen LogP contribution in [0.15, 0.2) is 12.4 Å². The Labute approximate surface area is 170 Å². The number of piperazine rings is 1. The predicted octanol–water partition coefficient (Wildman–Crippen LogP) is 1.52. The zero-order valence-electron chi connectivity index (χ0n) is 15.0. The van der Waals surface area contributed by atoms with E-state index in [0.29, 0.717) is 51.8 Å². The highest BCUT2D eigenvalue weighted by molar-refractivity contribution is 5.85. The first-order valence-electron chi connectivity index (χ1n) is 8.70. The Morgan fingerprint density at radius 1 is 1.22 bits per heavy atom. The van der Waals surface area contributed by atoms with Gasteiger partial charge in [0.1, 0.15) is 5.82 Å². The van der Waals surface area contributed by atoms with Crippen LogP contribution in [0.5, 0.6) is 0 Å². The van der Waals surface area contributed by atoms with Crippen LogP contribution in [0.25, 0.3) is 0 Å². The normalized spacial score (nSPS) is 20.1. The quantitative estimate of drug-likeness (QED) is 0.767. The highest BCUT2D eigenvalue weighted by atomic mass is 35.5. The summed E-state index contributed by atoms with van der Waals surface area (Å²) in [4.78, 5) is 20.4. The van der Waals surface area contributed by atoms with Crippen LogP contribution in [0, 0.1) is 5.92 Å². The van der Waals surface area contributed by atoms with Crippen LogP contribution in [0.1, 0.15) is 25.2 Å². The van der Waals surface area contributed by atoms with Crippen LogP contribution >= 0.6 is 24.8 Å². The van der Waals surface area contributed by atoms with E-state index in [1.807, 2.05) is 4.90 Å². The van der Waals surface area contributed by atoms with Crippen LogP contribution in [0.3, 0.4) is 0 Å². The first-order chi connectivity index (χ1) is 12.1. The predicted molar refractivity (Wildman–Crippen MR) is 101 cm³/mol. The summed E-state index contributed by atoms with van der Waals surface area (Å²) in [6.07, 6.45) is 4.31. The molecule has 1 aromatic heterocycles. The monoisotopic (exact) mass is 429 g/mol. The minimum absolute atomic E-state index is 0. The molecule has 2 fully saturated rings. The van der Waals surface area contributed by atoms with Gasteiger partial charge in [0.05, 0.1) is 12.6 Å². The second-order valence-corrected chi connectivity index (χ2v) is 6.61. The summed E-state index contributed by atoms with van der Waals surface area (Å²) in [5.74, 6) is 0.507. The number of nitrogens with two attached hydrogens (primary N) is 1. The fourth-order valence-electron chi connectivity index (χ4n) is 3.46. The number of hydrogen-bond acceptors (Lipinski definition) is 5. The third-order valence-electron chi connectivity index (χ3n) is 5.07. The number of halogens is 4. The number of aromatic nitrogens is 2. The molecule has 1 aromatic rings. The summed E-state index contributed by atoms with van der Waals surface area (Å²) in [6.45, 7) is 1.47. The standard InChI is InChI=1S/C16H25F2N5O2.2ClH/c17-16(18)23-4-3-20-13(23)11-21-5-7-22(8-6-21)15(24)14(19)12-1-9-25-10-2-12;;/h3-4,12,14,16H,1-2,5-11,19H2;2*1H. The highest BCUT2D eigenvalue weighted by Crippen LogP contribution is 2.20. The lowest BCUT2D eigenvalue weighted by atomic mass is 9.91. The van der Waals surface area contributed by atoms with Crippen molar-refractivity contribution in [3.8, 4) is 0 Å². The lowest BCUT2D eigenvalue weighted by Gasteiger charge is -2.37. The van der Waals surface area contributed by atoms with Crippen molar-refractivity contribution in [2.75, 3.05) is 39.4 Å². The van der Waals surface area contributed by atoms with E-state index in [9.17, 15) is 13.6 Å². The van der Waals surface area contributed by atoms with E-state index < -0.39 is 12.6 Å². The number of rotatable bonds is 5. The van der Waals surface area contributed by atoms with Crippen LogP contribution in [-0.4, -0.2) is 70.7 Å². The number of nitrogens with zero attached hydrogens (tertiary/aromatic N) is 4. The van der Waals surface area contributed by atoms with Crippen LogP contribution in [0.2, 0.25) is 0 Å². The van der Waals surface area contributed by atoms with E-state index in [-0.39, 0.29) is 36.6 Å². The summed E-state index contributed by atoms with van der Waals surface area (Å²) in [7, 11) is 0. The lowest BCUT2D eigenvalue weighted by molar-refractivity contribution is -0.136. The van der Waals surface area contributed by atoms with Crippen molar-refractivity contribution in [3.63, 3.8) is 0 Å². The molecule has 2 aliphatic rings. The lowest BCUT2D eigenvalue weighted by Crippen LogP contribution is -2.55. The molecule has 2 N–H and O–H groups in total. The number of amides is 1. The van der Waals surface area contributed by atoms with Crippen LogP contribution in [0.4, 0.5) is 8.78 Å². The Kier molecular flexibility index (Phi) is 9.89. The number of carbonyl (C=O) groups is 1. The second-order valence-electron chi connectivity index (χ2n) is 6.61. The molecule has 1 unspecified atom stereocenters. The SMILES string of the molecule is Cl.Cl.NC(C(=O)N1CCN(Cc2nccn2C(F)F)CC1)C1CCOCC1. The molecule has 11 heteroatoms. The fourth-order valence-corrected chi connectivity index (χ4v) is 3.46. The summed E-state index contributed by atoms with van der Waals surface area (Å²) >= 11 is 0. The molecular weight excluding hydrogens is 403 g/mol. The molecule has 2 aliphatic heterocycles. The molecule has 0 saturated carbocycles. The summed E-state index contributed by atoms with van der Waals surface area (Å²) in [5.41, 5.74) is 6.16. The molecule has 27 heavy (non-hydrogen) atoms. The topological polar surface area (TPSA) is 76.6 Å². The van der Waals surface area contributed by atoms with Crippen LogP contribution < -0.4 is 5.73 Å². The van der Waals surface area contributed by atoms with Gasteiger partial charge in [0.15, 0.2) is 0 Å². The van der Waals surface area contributed by atoms with Gasteiger partial charge in [-0.1, -0.05) is 0 Å². The Bertz CT molecular complexity index is 579. The molecular formula is C16H27Cl2F2N5O2. The average Bonchev–Trinajstić information content (AvgIpc) is 3.10. The summed E-state index contributed by atoms with van der Waals surface area (Å²) in [6, 6.07) is -0.479. The van der Waals surface area contributed by atoms with Gasteiger partial charge < -0.3 is 15.4 Å². The van der Waals surface area contributed by atoms with E-state index >= 15 is 0 Å². The van der Waals surface area contributed by atoms with Gasteiger partial charge >= 0.3 is 6.55 Å². The molecule has 0 spiro atoms.